The molecule has 0 saturated carbocycles. The number of ether oxygens (including phenoxy) is 2. The van der Waals surface area contributed by atoms with Crippen LogP contribution in [-0.4, -0.2) is 32.2 Å². The number of rotatable bonds is 6. The second-order valence-corrected chi connectivity index (χ2v) is 4.09. The summed E-state index contributed by atoms with van der Waals surface area (Å²) in [5.74, 6) is 2.18. The van der Waals surface area contributed by atoms with E-state index in [2.05, 4.69) is 19.6 Å². The van der Waals surface area contributed by atoms with Gasteiger partial charge in [0.15, 0.2) is 0 Å². The summed E-state index contributed by atoms with van der Waals surface area (Å²) in [4.78, 5) is 0. The number of thiol groups is 1. The van der Waals surface area contributed by atoms with Gasteiger partial charge in [-0.3, -0.25) is 0 Å². The molecule has 1 saturated heterocycles. The molecule has 1 aliphatic rings. The Morgan fingerprint density at radius 3 is 3.00 bits per heavy atom. The first-order valence-corrected chi connectivity index (χ1v) is 5.76. The minimum atomic E-state index is 0.616. The van der Waals surface area contributed by atoms with E-state index in [0.717, 1.165) is 45.0 Å². The van der Waals surface area contributed by atoms with Crippen molar-refractivity contribution < 1.29 is 9.47 Å². The highest BCUT2D eigenvalue weighted by molar-refractivity contribution is 7.80. The molecule has 0 bridgehead atoms. The molecule has 3 heteroatoms. The van der Waals surface area contributed by atoms with Crippen molar-refractivity contribution in [3.8, 4) is 0 Å². The van der Waals surface area contributed by atoms with Crippen LogP contribution in [0.2, 0.25) is 0 Å². The van der Waals surface area contributed by atoms with Gasteiger partial charge in [0.1, 0.15) is 0 Å². The Hall–Kier alpha value is 0.270. The fourth-order valence-electron chi connectivity index (χ4n) is 1.42. The van der Waals surface area contributed by atoms with Gasteiger partial charge in [0.2, 0.25) is 0 Å². The summed E-state index contributed by atoms with van der Waals surface area (Å²) in [5, 5.41) is 0. The van der Waals surface area contributed by atoms with Crippen molar-refractivity contribution in [2.75, 3.05) is 32.2 Å². The Labute approximate surface area is 86.4 Å². The number of hydrogen-bond acceptors (Lipinski definition) is 3. The molecule has 0 aromatic heterocycles. The molecule has 0 aromatic carbocycles. The van der Waals surface area contributed by atoms with Crippen LogP contribution >= 0.6 is 12.6 Å². The maximum Gasteiger partial charge on any atom is 0.0517 e. The molecular weight excluding hydrogens is 184 g/mol. The van der Waals surface area contributed by atoms with Crippen LogP contribution in [0.25, 0.3) is 0 Å². The Morgan fingerprint density at radius 2 is 2.46 bits per heavy atom. The average molecular weight is 204 g/mol. The predicted octanol–water partition coefficient (Wildman–Crippen LogP) is 2.00. The van der Waals surface area contributed by atoms with E-state index in [1.807, 2.05) is 0 Å². The molecule has 0 spiro atoms. The van der Waals surface area contributed by atoms with Gasteiger partial charge in [0.05, 0.1) is 19.8 Å². The standard InChI is InChI=1S/C10H20O2S/c1-2-9(8-13)5-12-7-10-3-4-11-6-10/h9-10,13H,2-8H2,1H3. The Balaban J connectivity index is 1.98. The summed E-state index contributed by atoms with van der Waals surface area (Å²) < 4.78 is 10.9. The highest BCUT2D eigenvalue weighted by atomic mass is 32.1. The largest absolute Gasteiger partial charge is 0.381 e. The van der Waals surface area contributed by atoms with E-state index < -0.39 is 0 Å². The van der Waals surface area contributed by atoms with E-state index in [9.17, 15) is 0 Å². The zero-order valence-electron chi connectivity index (χ0n) is 8.37. The van der Waals surface area contributed by atoms with Crippen molar-refractivity contribution in [1.82, 2.24) is 0 Å². The van der Waals surface area contributed by atoms with Crippen molar-refractivity contribution in [2.45, 2.75) is 19.8 Å². The molecule has 1 aliphatic heterocycles. The predicted molar refractivity (Wildman–Crippen MR) is 57.4 cm³/mol. The maximum atomic E-state index is 5.63. The van der Waals surface area contributed by atoms with Crippen LogP contribution in [0.5, 0.6) is 0 Å². The summed E-state index contributed by atoms with van der Waals surface area (Å²) in [6, 6.07) is 0. The Kier molecular flexibility index (Phi) is 5.83. The van der Waals surface area contributed by atoms with E-state index in [0.29, 0.717) is 11.8 Å². The summed E-state index contributed by atoms with van der Waals surface area (Å²) >= 11 is 4.27. The fraction of sp³-hybridized carbons (Fsp3) is 1.00. The second kappa shape index (κ2) is 6.68. The second-order valence-electron chi connectivity index (χ2n) is 3.72. The van der Waals surface area contributed by atoms with E-state index in [1.54, 1.807) is 0 Å². The van der Waals surface area contributed by atoms with E-state index in [-0.39, 0.29) is 0 Å². The minimum Gasteiger partial charge on any atom is -0.381 e. The van der Waals surface area contributed by atoms with Crippen molar-refractivity contribution >= 4 is 12.6 Å². The Morgan fingerprint density at radius 1 is 1.62 bits per heavy atom. The van der Waals surface area contributed by atoms with E-state index in [4.69, 9.17) is 9.47 Å². The molecule has 2 unspecified atom stereocenters. The van der Waals surface area contributed by atoms with Gasteiger partial charge in [-0.05, 0) is 18.1 Å². The highest BCUT2D eigenvalue weighted by Crippen LogP contribution is 2.13. The van der Waals surface area contributed by atoms with Crippen LogP contribution in [0.3, 0.4) is 0 Å². The van der Waals surface area contributed by atoms with Gasteiger partial charge < -0.3 is 9.47 Å². The molecule has 13 heavy (non-hydrogen) atoms. The third-order valence-electron chi connectivity index (χ3n) is 2.57. The summed E-state index contributed by atoms with van der Waals surface area (Å²) in [7, 11) is 0. The lowest BCUT2D eigenvalue weighted by Gasteiger charge is -2.14. The number of hydrogen-bond donors (Lipinski definition) is 1. The normalized spacial score (nSPS) is 24.9. The first-order valence-electron chi connectivity index (χ1n) is 5.13. The van der Waals surface area contributed by atoms with Crippen molar-refractivity contribution in [2.24, 2.45) is 11.8 Å². The van der Waals surface area contributed by atoms with Crippen molar-refractivity contribution in [3.63, 3.8) is 0 Å². The minimum absolute atomic E-state index is 0.616. The third kappa shape index (κ3) is 4.34. The summed E-state index contributed by atoms with van der Waals surface area (Å²) in [6.07, 6.45) is 2.32. The van der Waals surface area contributed by atoms with Gasteiger partial charge in [-0.1, -0.05) is 13.3 Å². The molecule has 1 rings (SSSR count). The molecule has 0 aliphatic carbocycles. The monoisotopic (exact) mass is 204 g/mol. The van der Waals surface area contributed by atoms with Crippen LogP contribution in [0.1, 0.15) is 19.8 Å². The van der Waals surface area contributed by atoms with Gasteiger partial charge in [-0.15, -0.1) is 0 Å². The van der Waals surface area contributed by atoms with Gasteiger partial charge in [0.25, 0.3) is 0 Å². The first kappa shape index (κ1) is 11.3. The van der Waals surface area contributed by atoms with Crippen LogP contribution in [-0.2, 0) is 9.47 Å². The average Bonchev–Trinajstić information content (AvgIpc) is 2.65. The van der Waals surface area contributed by atoms with Crippen molar-refractivity contribution in [3.05, 3.63) is 0 Å². The molecule has 0 aromatic rings. The molecule has 0 amide bonds. The smallest absolute Gasteiger partial charge is 0.0517 e. The fourth-order valence-corrected chi connectivity index (χ4v) is 1.78. The molecular formula is C10H20O2S. The summed E-state index contributed by atoms with van der Waals surface area (Å²) in [5.41, 5.74) is 0. The Bertz CT molecular complexity index is 118. The zero-order chi connectivity index (χ0) is 9.52. The summed E-state index contributed by atoms with van der Waals surface area (Å²) in [6.45, 7) is 5.71. The molecule has 1 heterocycles. The first-order chi connectivity index (χ1) is 6.36. The van der Waals surface area contributed by atoms with Gasteiger partial charge in [0, 0.05) is 12.5 Å². The van der Waals surface area contributed by atoms with E-state index in [1.165, 1.54) is 0 Å². The van der Waals surface area contributed by atoms with Gasteiger partial charge >= 0.3 is 0 Å². The molecule has 0 radical (unpaired) electrons. The lowest BCUT2D eigenvalue weighted by atomic mass is 10.1. The topological polar surface area (TPSA) is 18.5 Å². The molecule has 0 N–H and O–H groups in total. The zero-order valence-corrected chi connectivity index (χ0v) is 9.26. The lowest BCUT2D eigenvalue weighted by Crippen LogP contribution is -2.15. The highest BCUT2D eigenvalue weighted by Gasteiger charge is 2.16. The maximum absolute atomic E-state index is 5.63. The van der Waals surface area contributed by atoms with Crippen LogP contribution < -0.4 is 0 Å². The SMILES string of the molecule is CCC(CS)COCC1CCOC1. The molecule has 2 atom stereocenters. The molecule has 2 nitrogen and oxygen atoms in total. The van der Waals surface area contributed by atoms with Gasteiger partial charge in [-0.2, -0.15) is 12.6 Å². The van der Waals surface area contributed by atoms with E-state index >= 15 is 0 Å². The lowest BCUT2D eigenvalue weighted by molar-refractivity contribution is 0.0696. The van der Waals surface area contributed by atoms with Crippen LogP contribution in [0.4, 0.5) is 0 Å². The van der Waals surface area contributed by atoms with Crippen LogP contribution in [0, 0.1) is 11.8 Å². The third-order valence-corrected chi connectivity index (χ3v) is 3.08. The van der Waals surface area contributed by atoms with Crippen molar-refractivity contribution in [1.29, 1.82) is 0 Å². The van der Waals surface area contributed by atoms with Gasteiger partial charge in [-0.25, -0.2) is 0 Å². The van der Waals surface area contributed by atoms with Crippen LogP contribution in [0.15, 0.2) is 0 Å². The molecule has 1 fully saturated rings. The quantitative estimate of drug-likeness (QED) is 0.667. The molecule has 78 valence electrons.